The molecule has 0 aliphatic heterocycles. The summed E-state index contributed by atoms with van der Waals surface area (Å²) in [7, 11) is 0. The van der Waals surface area contributed by atoms with E-state index in [4.69, 9.17) is 16.3 Å². The second-order valence-corrected chi connectivity index (χ2v) is 4.69. The van der Waals surface area contributed by atoms with Gasteiger partial charge >= 0.3 is 5.69 Å². The van der Waals surface area contributed by atoms with Crippen LogP contribution < -0.4 is 4.74 Å². The summed E-state index contributed by atoms with van der Waals surface area (Å²) in [5.41, 5.74) is 0.874. The molecule has 0 aromatic heterocycles. The Morgan fingerprint density at radius 3 is 2.40 bits per heavy atom. The molecule has 0 saturated carbocycles. The lowest BCUT2D eigenvalue weighted by atomic mass is 10.1. The van der Waals surface area contributed by atoms with E-state index in [2.05, 4.69) is 0 Å². The van der Waals surface area contributed by atoms with E-state index in [1.807, 2.05) is 0 Å². The third kappa shape index (κ3) is 2.72. The van der Waals surface area contributed by atoms with E-state index in [0.717, 1.165) is 17.2 Å². The standard InChI is InChI=1S/C14H11ClFNO3/c1-8-6-10(7-9(2)13(8)15)20-12-5-3-4-11(16)14(12)17(18)19/h3-7H,1-2H3. The van der Waals surface area contributed by atoms with Gasteiger partial charge in [0.2, 0.25) is 11.6 Å². The van der Waals surface area contributed by atoms with Crippen molar-refractivity contribution in [3.8, 4) is 11.5 Å². The summed E-state index contributed by atoms with van der Waals surface area (Å²) in [4.78, 5) is 10.1. The van der Waals surface area contributed by atoms with E-state index < -0.39 is 16.4 Å². The Morgan fingerprint density at radius 2 is 1.85 bits per heavy atom. The Bertz CT molecular complexity index is 665. The molecule has 0 heterocycles. The molecule has 2 aromatic rings. The number of aryl methyl sites for hydroxylation is 2. The van der Waals surface area contributed by atoms with Crippen LogP contribution in [0.25, 0.3) is 0 Å². The van der Waals surface area contributed by atoms with Crippen molar-refractivity contribution < 1.29 is 14.1 Å². The number of benzene rings is 2. The van der Waals surface area contributed by atoms with Gasteiger partial charge in [0.25, 0.3) is 0 Å². The van der Waals surface area contributed by atoms with Crippen LogP contribution in [-0.4, -0.2) is 4.92 Å². The first-order valence-electron chi connectivity index (χ1n) is 5.77. The molecule has 104 valence electrons. The zero-order valence-corrected chi connectivity index (χ0v) is 11.6. The van der Waals surface area contributed by atoms with Crippen LogP contribution in [0.15, 0.2) is 30.3 Å². The second-order valence-electron chi connectivity index (χ2n) is 4.32. The maximum atomic E-state index is 13.5. The molecule has 0 radical (unpaired) electrons. The predicted molar refractivity (Wildman–Crippen MR) is 74.1 cm³/mol. The Hall–Kier alpha value is -2.14. The molecule has 0 amide bonds. The van der Waals surface area contributed by atoms with E-state index in [9.17, 15) is 14.5 Å². The van der Waals surface area contributed by atoms with E-state index >= 15 is 0 Å². The van der Waals surface area contributed by atoms with Gasteiger partial charge in [0, 0.05) is 5.02 Å². The Balaban J connectivity index is 2.45. The van der Waals surface area contributed by atoms with Crippen molar-refractivity contribution >= 4 is 17.3 Å². The van der Waals surface area contributed by atoms with Crippen molar-refractivity contribution in [3.63, 3.8) is 0 Å². The van der Waals surface area contributed by atoms with Crippen molar-refractivity contribution in [1.82, 2.24) is 0 Å². The highest BCUT2D eigenvalue weighted by molar-refractivity contribution is 6.32. The smallest absolute Gasteiger partial charge is 0.346 e. The number of ether oxygens (including phenoxy) is 1. The lowest BCUT2D eigenvalue weighted by molar-refractivity contribution is -0.388. The zero-order chi connectivity index (χ0) is 14.9. The van der Waals surface area contributed by atoms with Crippen molar-refractivity contribution in [2.45, 2.75) is 13.8 Å². The molecule has 6 heteroatoms. The highest BCUT2D eigenvalue weighted by Crippen LogP contribution is 2.35. The third-order valence-electron chi connectivity index (χ3n) is 2.77. The van der Waals surface area contributed by atoms with Gasteiger partial charge in [-0.15, -0.1) is 0 Å². The molecule has 2 aromatic carbocycles. The second kappa shape index (κ2) is 5.46. The van der Waals surface area contributed by atoms with Crippen molar-refractivity contribution in [3.05, 3.63) is 62.4 Å². The number of rotatable bonds is 3. The van der Waals surface area contributed by atoms with E-state index in [0.29, 0.717) is 10.8 Å². The number of para-hydroxylation sites is 1. The molecule has 0 fully saturated rings. The number of nitrogens with zero attached hydrogens (tertiary/aromatic N) is 1. The number of nitro benzene ring substituents is 1. The first-order valence-corrected chi connectivity index (χ1v) is 6.15. The van der Waals surface area contributed by atoms with Crippen LogP contribution in [-0.2, 0) is 0 Å². The largest absolute Gasteiger partial charge is 0.450 e. The molecule has 0 N–H and O–H groups in total. The summed E-state index contributed by atoms with van der Waals surface area (Å²) >= 11 is 6.04. The Labute approximate surface area is 119 Å². The van der Waals surface area contributed by atoms with Crippen LogP contribution in [0, 0.1) is 29.8 Å². The van der Waals surface area contributed by atoms with Crippen LogP contribution >= 0.6 is 11.6 Å². The van der Waals surface area contributed by atoms with E-state index in [1.54, 1.807) is 26.0 Å². The van der Waals surface area contributed by atoms with Gasteiger partial charge in [0.1, 0.15) is 5.75 Å². The molecule has 4 nitrogen and oxygen atoms in total. The highest BCUT2D eigenvalue weighted by atomic mass is 35.5. The molecule has 0 bridgehead atoms. The average Bonchev–Trinajstić information content (AvgIpc) is 2.35. The van der Waals surface area contributed by atoms with Gasteiger partial charge in [-0.2, -0.15) is 4.39 Å². The van der Waals surface area contributed by atoms with Gasteiger partial charge in [-0.1, -0.05) is 17.7 Å². The zero-order valence-electron chi connectivity index (χ0n) is 10.8. The molecule has 0 aliphatic carbocycles. The summed E-state index contributed by atoms with van der Waals surface area (Å²) < 4.78 is 18.9. The first kappa shape index (κ1) is 14.3. The number of hydrogen-bond donors (Lipinski definition) is 0. The third-order valence-corrected chi connectivity index (χ3v) is 3.37. The molecule has 2 rings (SSSR count). The molecular weight excluding hydrogens is 285 g/mol. The Morgan fingerprint density at radius 1 is 1.25 bits per heavy atom. The maximum absolute atomic E-state index is 13.5. The number of halogens is 2. The molecule has 0 aliphatic rings. The first-order chi connectivity index (χ1) is 9.40. The summed E-state index contributed by atoms with van der Waals surface area (Å²) in [6.45, 7) is 3.59. The summed E-state index contributed by atoms with van der Waals surface area (Å²) in [5.74, 6) is -0.705. The van der Waals surface area contributed by atoms with Crippen molar-refractivity contribution in [2.24, 2.45) is 0 Å². The van der Waals surface area contributed by atoms with Gasteiger partial charge in [-0.3, -0.25) is 10.1 Å². The topological polar surface area (TPSA) is 52.4 Å². The van der Waals surface area contributed by atoms with E-state index in [1.165, 1.54) is 12.1 Å². The van der Waals surface area contributed by atoms with Crippen molar-refractivity contribution in [1.29, 1.82) is 0 Å². The molecule has 0 atom stereocenters. The minimum atomic E-state index is -0.935. The maximum Gasteiger partial charge on any atom is 0.346 e. The molecule has 0 saturated heterocycles. The lowest BCUT2D eigenvalue weighted by Crippen LogP contribution is -1.97. The van der Waals surface area contributed by atoms with Gasteiger partial charge in [-0.25, -0.2) is 0 Å². The highest BCUT2D eigenvalue weighted by Gasteiger charge is 2.21. The lowest BCUT2D eigenvalue weighted by Gasteiger charge is -2.10. The number of nitro groups is 1. The van der Waals surface area contributed by atoms with Crippen LogP contribution in [0.2, 0.25) is 5.02 Å². The molecule has 0 spiro atoms. The van der Waals surface area contributed by atoms with Gasteiger partial charge < -0.3 is 4.74 Å². The SMILES string of the molecule is Cc1cc(Oc2cccc(F)c2[N+](=O)[O-])cc(C)c1Cl. The van der Waals surface area contributed by atoms with Gasteiger partial charge in [0.15, 0.2) is 0 Å². The Kier molecular flexibility index (Phi) is 3.90. The van der Waals surface area contributed by atoms with Crippen molar-refractivity contribution in [2.75, 3.05) is 0 Å². The quantitative estimate of drug-likeness (QED) is 0.604. The summed E-state index contributed by atoms with van der Waals surface area (Å²) in [6, 6.07) is 7.01. The fourth-order valence-electron chi connectivity index (χ4n) is 1.85. The molecule has 20 heavy (non-hydrogen) atoms. The minimum absolute atomic E-state index is 0.142. The van der Waals surface area contributed by atoms with Crippen LogP contribution in [0.5, 0.6) is 11.5 Å². The average molecular weight is 296 g/mol. The minimum Gasteiger partial charge on any atom is -0.450 e. The van der Waals surface area contributed by atoms with E-state index in [-0.39, 0.29) is 5.75 Å². The predicted octanol–water partition coefficient (Wildman–Crippen LogP) is 4.80. The summed E-state index contributed by atoms with van der Waals surface area (Å²) in [5, 5.41) is 11.5. The van der Waals surface area contributed by atoms with Crippen LogP contribution in [0.4, 0.5) is 10.1 Å². The van der Waals surface area contributed by atoms with Gasteiger partial charge in [0.05, 0.1) is 4.92 Å². The van der Waals surface area contributed by atoms with Gasteiger partial charge in [-0.05, 0) is 49.2 Å². The molecule has 0 unspecified atom stereocenters. The number of hydrogen-bond acceptors (Lipinski definition) is 3. The monoisotopic (exact) mass is 295 g/mol. The fraction of sp³-hybridized carbons (Fsp3) is 0.143. The normalized spacial score (nSPS) is 10.4. The summed E-state index contributed by atoms with van der Waals surface area (Å²) in [6.07, 6.45) is 0. The van der Waals surface area contributed by atoms with Crippen LogP contribution in [0.3, 0.4) is 0 Å². The molecular formula is C14H11ClFNO3. The fourth-order valence-corrected chi connectivity index (χ4v) is 1.96. The van der Waals surface area contributed by atoms with Crippen LogP contribution in [0.1, 0.15) is 11.1 Å².